The monoisotopic (exact) mass is 353 g/mol. The molecule has 0 aromatic heterocycles. The molecule has 2 aromatic carbocycles. The number of benzene rings is 2. The van der Waals surface area contributed by atoms with Gasteiger partial charge in [-0.1, -0.05) is 30.7 Å². The van der Waals surface area contributed by atoms with Crippen LogP contribution in [0.2, 0.25) is 0 Å². The average molecular weight is 353 g/mol. The van der Waals surface area contributed by atoms with E-state index in [4.69, 9.17) is 0 Å². The molecule has 138 valence electrons. The van der Waals surface area contributed by atoms with Crippen molar-refractivity contribution in [2.75, 3.05) is 23.7 Å². The van der Waals surface area contributed by atoms with Gasteiger partial charge in [-0.25, -0.2) is 0 Å². The smallest absolute Gasteiger partial charge is 0.251 e. The molecule has 2 rings (SSSR count). The Balaban J connectivity index is 1.97. The predicted octanol–water partition coefficient (Wildman–Crippen LogP) is 3.80. The van der Waals surface area contributed by atoms with Crippen LogP contribution in [-0.2, 0) is 4.79 Å². The molecule has 0 atom stereocenters. The minimum Gasteiger partial charge on any atom is -0.376 e. The largest absolute Gasteiger partial charge is 0.376 e. The Bertz CT molecular complexity index is 777. The molecule has 0 spiro atoms. The lowest BCUT2D eigenvalue weighted by Gasteiger charge is -2.14. The van der Waals surface area contributed by atoms with E-state index in [1.807, 2.05) is 20.8 Å². The Kier molecular flexibility index (Phi) is 6.78. The molecule has 0 aliphatic rings. The van der Waals surface area contributed by atoms with Crippen molar-refractivity contribution < 1.29 is 9.59 Å². The molecule has 0 aliphatic heterocycles. The standard InChI is InChI=1S/C21H27N3O2/c1-5-9-22-21(26)17-7-6-8-18(12-17)24-19(25)13-23-20-15(3)10-14(2)11-16(20)4/h6-8,10-12,23H,5,9,13H2,1-4H3,(H,22,26)(H,24,25). The van der Waals surface area contributed by atoms with Crippen molar-refractivity contribution in [3.05, 3.63) is 58.7 Å². The molecule has 0 saturated carbocycles. The molecule has 5 nitrogen and oxygen atoms in total. The van der Waals surface area contributed by atoms with Gasteiger partial charge < -0.3 is 16.0 Å². The van der Waals surface area contributed by atoms with Gasteiger partial charge in [0.1, 0.15) is 0 Å². The second kappa shape index (κ2) is 9.04. The number of aryl methyl sites for hydroxylation is 3. The van der Waals surface area contributed by atoms with E-state index in [-0.39, 0.29) is 18.4 Å². The van der Waals surface area contributed by atoms with Gasteiger partial charge in [-0.15, -0.1) is 0 Å². The number of carbonyl (C=O) groups excluding carboxylic acids is 2. The van der Waals surface area contributed by atoms with E-state index in [2.05, 4.69) is 35.0 Å². The molecule has 0 heterocycles. The molecule has 0 aliphatic carbocycles. The molecule has 0 bridgehead atoms. The number of nitrogens with one attached hydrogen (secondary N) is 3. The minimum atomic E-state index is -0.157. The van der Waals surface area contributed by atoms with E-state index < -0.39 is 0 Å². The van der Waals surface area contributed by atoms with E-state index in [1.54, 1.807) is 24.3 Å². The van der Waals surface area contributed by atoms with Crippen molar-refractivity contribution in [3.63, 3.8) is 0 Å². The Labute approximate surface area is 155 Å². The third kappa shape index (κ3) is 5.34. The Hall–Kier alpha value is -2.82. The second-order valence-electron chi connectivity index (χ2n) is 6.51. The number of carbonyl (C=O) groups is 2. The van der Waals surface area contributed by atoms with Crippen LogP contribution in [-0.4, -0.2) is 24.9 Å². The van der Waals surface area contributed by atoms with Crippen molar-refractivity contribution in [2.24, 2.45) is 0 Å². The minimum absolute atomic E-state index is 0.132. The maximum Gasteiger partial charge on any atom is 0.251 e. The van der Waals surface area contributed by atoms with Gasteiger partial charge in [-0.2, -0.15) is 0 Å². The number of hydrogen-bond donors (Lipinski definition) is 3. The number of amides is 2. The Morgan fingerprint density at radius 2 is 1.69 bits per heavy atom. The normalized spacial score (nSPS) is 10.3. The first-order chi connectivity index (χ1) is 12.4. The van der Waals surface area contributed by atoms with Gasteiger partial charge in [0.2, 0.25) is 5.91 Å². The van der Waals surface area contributed by atoms with Crippen molar-refractivity contribution >= 4 is 23.2 Å². The Morgan fingerprint density at radius 3 is 2.35 bits per heavy atom. The molecule has 2 aromatic rings. The van der Waals surface area contributed by atoms with Crippen LogP contribution in [0.5, 0.6) is 0 Å². The number of hydrogen-bond acceptors (Lipinski definition) is 3. The first-order valence-electron chi connectivity index (χ1n) is 8.90. The summed E-state index contributed by atoms with van der Waals surface area (Å²) in [5, 5.41) is 8.86. The van der Waals surface area contributed by atoms with E-state index in [1.165, 1.54) is 5.56 Å². The van der Waals surface area contributed by atoms with Crippen LogP contribution in [0.3, 0.4) is 0 Å². The fourth-order valence-corrected chi connectivity index (χ4v) is 2.91. The van der Waals surface area contributed by atoms with Crippen molar-refractivity contribution in [1.82, 2.24) is 5.32 Å². The summed E-state index contributed by atoms with van der Waals surface area (Å²) in [5.41, 5.74) is 5.56. The highest BCUT2D eigenvalue weighted by Crippen LogP contribution is 2.21. The van der Waals surface area contributed by atoms with Gasteiger partial charge in [0.15, 0.2) is 0 Å². The van der Waals surface area contributed by atoms with Crippen LogP contribution in [0.25, 0.3) is 0 Å². The Morgan fingerprint density at radius 1 is 1.00 bits per heavy atom. The summed E-state index contributed by atoms with van der Waals surface area (Å²) in [4.78, 5) is 24.3. The van der Waals surface area contributed by atoms with Gasteiger partial charge in [-0.05, 0) is 56.5 Å². The zero-order chi connectivity index (χ0) is 19.1. The lowest BCUT2D eigenvalue weighted by molar-refractivity contribution is -0.114. The molecule has 0 unspecified atom stereocenters. The van der Waals surface area contributed by atoms with Gasteiger partial charge in [0.05, 0.1) is 6.54 Å². The summed E-state index contributed by atoms with van der Waals surface area (Å²) in [7, 11) is 0. The zero-order valence-electron chi connectivity index (χ0n) is 15.9. The van der Waals surface area contributed by atoms with Crippen molar-refractivity contribution in [2.45, 2.75) is 34.1 Å². The first-order valence-corrected chi connectivity index (χ1v) is 8.90. The van der Waals surface area contributed by atoms with Crippen molar-refractivity contribution in [1.29, 1.82) is 0 Å². The molecular formula is C21H27N3O2. The highest BCUT2D eigenvalue weighted by atomic mass is 16.2. The molecule has 0 saturated heterocycles. The number of anilines is 2. The number of rotatable bonds is 7. The fourth-order valence-electron chi connectivity index (χ4n) is 2.91. The summed E-state index contributed by atoms with van der Waals surface area (Å²) >= 11 is 0. The highest BCUT2D eigenvalue weighted by Gasteiger charge is 2.09. The first kappa shape index (κ1) is 19.5. The molecule has 26 heavy (non-hydrogen) atoms. The third-order valence-electron chi connectivity index (χ3n) is 4.05. The molecular weight excluding hydrogens is 326 g/mol. The summed E-state index contributed by atoms with van der Waals surface area (Å²) in [6, 6.07) is 11.1. The molecule has 0 fully saturated rings. The topological polar surface area (TPSA) is 70.2 Å². The van der Waals surface area contributed by atoms with Gasteiger partial charge >= 0.3 is 0 Å². The maximum absolute atomic E-state index is 12.3. The maximum atomic E-state index is 12.3. The summed E-state index contributed by atoms with van der Waals surface area (Å²) in [6.45, 7) is 8.91. The quantitative estimate of drug-likeness (QED) is 0.709. The zero-order valence-corrected chi connectivity index (χ0v) is 15.9. The van der Waals surface area contributed by atoms with Crippen LogP contribution >= 0.6 is 0 Å². The van der Waals surface area contributed by atoms with Crippen molar-refractivity contribution in [3.8, 4) is 0 Å². The lowest BCUT2D eigenvalue weighted by atomic mass is 10.1. The van der Waals surface area contributed by atoms with Crippen LogP contribution in [0.4, 0.5) is 11.4 Å². The SMILES string of the molecule is CCCNC(=O)c1cccc(NC(=O)CNc2c(C)cc(C)cc2C)c1. The lowest BCUT2D eigenvalue weighted by Crippen LogP contribution is -2.25. The summed E-state index contributed by atoms with van der Waals surface area (Å²) in [6.07, 6.45) is 0.881. The van der Waals surface area contributed by atoms with Gasteiger partial charge in [0.25, 0.3) is 5.91 Å². The molecule has 3 N–H and O–H groups in total. The van der Waals surface area contributed by atoms with Gasteiger partial charge in [0, 0.05) is 23.5 Å². The molecule has 2 amide bonds. The molecule has 0 radical (unpaired) electrons. The van der Waals surface area contributed by atoms with Gasteiger partial charge in [-0.3, -0.25) is 9.59 Å². The van der Waals surface area contributed by atoms with E-state index in [9.17, 15) is 9.59 Å². The predicted molar refractivity (Wildman–Crippen MR) is 107 cm³/mol. The summed E-state index contributed by atoms with van der Waals surface area (Å²) < 4.78 is 0. The van der Waals surface area contributed by atoms with E-state index in [0.717, 1.165) is 23.2 Å². The average Bonchev–Trinajstić information content (AvgIpc) is 2.59. The highest BCUT2D eigenvalue weighted by molar-refractivity contribution is 5.98. The fraction of sp³-hybridized carbons (Fsp3) is 0.333. The van der Waals surface area contributed by atoms with Crippen LogP contribution in [0, 0.1) is 20.8 Å². The van der Waals surface area contributed by atoms with Crippen LogP contribution < -0.4 is 16.0 Å². The van der Waals surface area contributed by atoms with E-state index >= 15 is 0 Å². The summed E-state index contributed by atoms with van der Waals surface area (Å²) in [5.74, 6) is -0.289. The van der Waals surface area contributed by atoms with Crippen LogP contribution in [0.15, 0.2) is 36.4 Å². The molecule has 5 heteroatoms. The van der Waals surface area contributed by atoms with E-state index in [0.29, 0.717) is 17.8 Å². The third-order valence-corrected chi connectivity index (χ3v) is 4.05. The second-order valence-corrected chi connectivity index (χ2v) is 6.51. The van der Waals surface area contributed by atoms with Crippen LogP contribution in [0.1, 0.15) is 40.4 Å².